The third-order valence-electron chi connectivity index (χ3n) is 3.50. The van der Waals surface area contributed by atoms with Gasteiger partial charge in [0.1, 0.15) is 5.75 Å². The highest BCUT2D eigenvalue weighted by molar-refractivity contribution is 5.31. The van der Waals surface area contributed by atoms with Crippen molar-refractivity contribution >= 4 is 0 Å². The molecule has 108 valence electrons. The van der Waals surface area contributed by atoms with Crippen molar-refractivity contribution in [3.63, 3.8) is 0 Å². The number of hydrogen-bond acceptors (Lipinski definition) is 2. The van der Waals surface area contributed by atoms with Crippen LogP contribution in [0.2, 0.25) is 0 Å². The summed E-state index contributed by atoms with van der Waals surface area (Å²) in [7, 11) is 0. The normalized spacial score (nSPS) is 11.9. The Hall–Kier alpha value is -1.02. The Morgan fingerprint density at radius 2 is 1.58 bits per heavy atom. The molecule has 0 spiro atoms. The molecule has 0 aliphatic rings. The number of rotatable bonds is 7. The minimum absolute atomic E-state index is 0.210. The minimum Gasteiger partial charge on any atom is -0.494 e. The first-order valence-electron chi connectivity index (χ1n) is 7.43. The van der Waals surface area contributed by atoms with Gasteiger partial charge in [-0.2, -0.15) is 0 Å². The van der Waals surface area contributed by atoms with E-state index in [9.17, 15) is 0 Å². The summed E-state index contributed by atoms with van der Waals surface area (Å²) in [6.07, 6.45) is 1.09. The first-order valence-corrected chi connectivity index (χ1v) is 7.43. The lowest BCUT2D eigenvalue weighted by atomic mass is 9.87. The fourth-order valence-corrected chi connectivity index (χ4v) is 2.07. The van der Waals surface area contributed by atoms with Gasteiger partial charge < -0.3 is 9.64 Å². The van der Waals surface area contributed by atoms with Gasteiger partial charge in [-0.3, -0.25) is 0 Å². The Morgan fingerprint density at radius 3 is 2.05 bits per heavy atom. The predicted molar refractivity (Wildman–Crippen MR) is 83.0 cm³/mol. The zero-order valence-electron chi connectivity index (χ0n) is 13.2. The Bertz CT molecular complexity index is 347. The van der Waals surface area contributed by atoms with Crippen LogP contribution in [0.4, 0.5) is 0 Å². The maximum atomic E-state index is 5.79. The van der Waals surface area contributed by atoms with Crippen LogP contribution in [0.1, 0.15) is 46.6 Å². The van der Waals surface area contributed by atoms with Gasteiger partial charge in [-0.25, -0.2) is 0 Å². The second-order valence-electron chi connectivity index (χ2n) is 6.00. The van der Waals surface area contributed by atoms with Crippen molar-refractivity contribution in [1.29, 1.82) is 0 Å². The van der Waals surface area contributed by atoms with Gasteiger partial charge in [0.2, 0.25) is 0 Å². The molecule has 0 bridgehead atoms. The van der Waals surface area contributed by atoms with Crippen LogP contribution in [-0.4, -0.2) is 31.1 Å². The Balaban J connectivity index is 2.34. The molecule has 0 heterocycles. The minimum atomic E-state index is 0.210. The number of benzene rings is 1. The quantitative estimate of drug-likeness (QED) is 0.687. The summed E-state index contributed by atoms with van der Waals surface area (Å²) in [4.78, 5) is 2.42. The molecule has 0 unspecified atom stereocenters. The number of nitrogens with zero attached hydrogens (tertiary/aromatic N) is 1. The first-order chi connectivity index (χ1) is 8.97. The standard InChI is InChI=1S/C17H29NO/c1-6-18(7-2)13-8-14-19-16-11-9-15(10-12-16)17(3,4)5/h9-12H,6-8,13-14H2,1-5H3. The van der Waals surface area contributed by atoms with Gasteiger partial charge in [-0.1, -0.05) is 46.8 Å². The second-order valence-corrected chi connectivity index (χ2v) is 6.00. The summed E-state index contributed by atoms with van der Waals surface area (Å²) >= 11 is 0. The highest BCUT2D eigenvalue weighted by atomic mass is 16.5. The summed E-state index contributed by atoms with van der Waals surface area (Å²) in [5.41, 5.74) is 1.56. The van der Waals surface area contributed by atoms with E-state index in [1.807, 2.05) is 0 Å². The van der Waals surface area contributed by atoms with Crippen LogP contribution in [0.3, 0.4) is 0 Å². The van der Waals surface area contributed by atoms with Crippen LogP contribution in [0.15, 0.2) is 24.3 Å². The van der Waals surface area contributed by atoms with E-state index in [4.69, 9.17) is 4.74 Å². The molecule has 0 saturated carbocycles. The zero-order valence-corrected chi connectivity index (χ0v) is 13.2. The van der Waals surface area contributed by atoms with Crippen LogP contribution in [-0.2, 0) is 5.41 Å². The molecule has 0 aromatic heterocycles. The van der Waals surface area contributed by atoms with E-state index < -0.39 is 0 Å². The van der Waals surface area contributed by atoms with Crippen molar-refractivity contribution in [2.75, 3.05) is 26.2 Å². The highest BCUT2D eigenvalue weighted by Crippen LogP contribution is 2.24. The van der Waals surface area contributed by atoms with Crippen molar-refractivity contribution in [1.82, 2.24) is 4.90 Å². The molecule has 0 atom stereocenters. The lowest BCUT2D eigenvalue weighted by Gasteiger charge is -2.19. The van der Waals surface area contributed by atoms with E-state index >= 15 is 0 Å². The summed E-state index contributed by atoms with van der Waals surface area (Å²) in [6, 6.07) is 8.50. The molecule has 19 heavy (non-hydrogen) atoms. The molecule has 0 radical (unpaired) electrons. The molecule has 1 aromatic carbocycles. The lowest BCUT2D eigenvalue weighted by molar-refractivity contribution is 0.249. The fraction of sp³-hybridized carbons (Fsp3) is 0.647. The topological polar surface area (TPSA) is 12.5 Å². The largest absolute Gasteiger partial charge is 0.494 e. The smallest absolute Gasteiger partial charge is 0.119 e. The Morgan fingerprint density at radius 1 is 1.00 bits per heavy atom. The Kier molecular flexibility index (Phi) is 6.36. The average molecular weight is 263 g/mol. The number of hydrogen-bond donors (Lipinski definition) is 0. The van der Waals surface area contributed by atoms with E-state index in [1.165, 1.54) is 5.56 Å². The molecule has 1 aromatic rings. The Labute approximate surface area is 118 Å². The van der Waals surface area contributed by atoms with E-state index in [0.717, 1.165) is 38.4 Å². The molecular weight excluding hydrogens is 234 g/mol. The van der Waals surface area contributed by atoms with E-state index in [-0.39, 0.29) is 5.41 Å². The van der Waals surface area contributed by atoms with E-state index in [0.29, 0.717) is 0 Å². The molecule has 0 saturated heterocycles. The molecule has 0 aliphatic carbocycles. The summed E-state index contributed by atoms with van der Waals surface area (Å²) in [5.74, 6) is 0.979. The maximum Gasteiger partial charge on any atom is 0.119 e. The van der Waals surface area contributed by atoms with Crippen LogP contribution in [0.25, 0.3) is 0 Å². The lowest BCUT2D eigenvalue weighted by Crippen LogP contribution is -2.25. The van der Waals surface area contributed by atoms with Gasteiger partial charge in [-0.05, 0) is 42.6 Å². The van der Waals surface area contributed by atoms with Gasteiger partial charge in [0.05, 0.1) is 6.61 Å². The summed E-state index contributed by atoms with van der Waals surface area (Å²) < 4.78 is 5.79. The van der Waals surface area contributed by atoms with Gasteiger partial charge in [0.15, 0.2) is 0 Å². The van der Waals surface area contributed by atoms with Crippen molar-refractivity contribution in [2.24, 2.45) is 0 Å². The third kappa shape index (κ3) is 5.65. The van der Waals surface area contributed by atoms with E-state index in [1.54, 1.807) is 0 Å². The monoisotopic (exact) mass is 263 g/mol. The van der Waals surface area contributed by atoms with Gasteiger partial charge >= 0.3 is 0 Å². The van der Waals surface area contributed by atoms with Gasteiger partial charge in [0.25, 0.3) is 0 Å². The molecular formula is C17H29NO. The fourth-order valence-electron chi connectivity index (χ4n) is 2.07. The van der Waals surface area contributed by atoms with E-state index in [2.05, 4.69) is 63.8 Å². The molecule has 0 fully saturated rings. The molecule has 1 rings (SSSR count). The van der Waals surface area contributed by atoms with Crippen LogP contribution < -0.4 is 4.74 Å². The highest BCUT2D eigenvalue weighted by Gasteiger charge is 2.12. The van der Waals surface area contributed by atoms with Gasteiger partial charge in [0, 0.05) is 6.54 Å². The molecule has 0 aliphatic heterocycles. The molecule has 0 N–H and O–H groups in total. The molecule has 2 nitrogen and oxygen atoms in total. The SMILES string of the molecule is CCN(CC)CCCOc1ccc(C(C)(C)C)cc1. The molecule has 2 heteroatoms. The van der Waals surface area contributed by atoms with Crippen molar-refractivity contribution in [3.05, 3.63) is 29.8 Å². The summed E-state index contributed by atoms with van der Waals surface area (Å²) in [6.45, 7) is 15.3. The second kappa shape index (κ2) is 7.54. The van der Waals surface area contributed by atoms with Crippen LogP contribution in [0.5, 0.6) is 5.75 Å². The number of ether oxygens (including phenoxy) is 1. The molecule has 0 amide bonds. The van der Waals surface area contributed by atoms with Crippen LogP contribution >= 0.6 is 0 Å². The van der Waals surface area contributed by atoms with Crippen molar-refractivity contribution < 1.29 is 4.74 Å². The van der Waals surface area contributed by atoms with Crippen molar-refractivity contribution in [2.45, 2.75) is 46.5 Å². The average Bonchev–Trinajstić information content (AvgIpc) is 2.38. The van der Waals surface area contributed by atoms with Crippen LogP contribution in [0, 0.1) is 0 Å². The van der Waals surface area contributed by atoms with Gasteiger partial charge in [-0.15, -0.1) is 0 Å². The summed E-state index contributed by atoms with van der Waals surface area (Å²) in [5, 5.41) is 0. The first kappa shape index (κ1) is 16.0. The van der Waals surface area contributed by atoms with Crippen molar-refractivity contribution in [3.8, 4) is 5.75 Å². The third-order valence-corrected chi connectivity index (χ3v) is 3.50. The maximum absolute atomic E-state index is 5.79. The zero-order chi connectivity index (χ0) is 14.3. The predicted octanol–water partition coefficient (Wildman–Crippen LogP) is 4.09.